The van der Waals surface area contributed by atoms with Gasteiger partial charge in [0.25, 0.3) is 0 Å². The lowest BCUT2D eigenvalue weighted by Crippen LogP contribution is -2.02. The van der Waals surface area contributed by atoms with Gasteiger partial charge in [-0.1, -0.05) is 0 Å². The molecule has 0 aliphatic rings. The highest BCUT2D eigenvalue weighted by Crippen LogP contribution is 2.28. The number of anilines is 2. The number of rotatable bonds is 3. The van der Waals surface area contributed by atoms with Crippen molar-refractivity contribution in [3.05, 3.63) is 43.2 Å². The van der Waals surface area contributed by atoms with Crippen molar-refractivity contribution in [2.45, 2.75) is 6.54 Å². The lowest BCUT2D eigenvalue weighted by Gasteiger charge is -2.09. The molecule has 1 heterocycles. The Balaban J connectivity index is 2.11. The summed E-state index contributed by atoms with van der Waals surface area (Å²) in [7, 11) is 0. The van der Waals surface area contributed by atoms with E-state index in [-0.39, 0.29) is 5.82 Å². The summed E-state index contributed by atoms with van der Waals surface area (Å²) in [5.74, 6) is -0.355. The molecular weight excluding hydrogens is 371 g/mol. The van der Waals surface area contributed by atoms with Crippen molar-refractivity contribution in [1.29, 1.82) is 0 Å². The van der Waals surface area contributed by atoms with Crippen LogP contribution in [0.3, 0.4) is 0 Å². The summed E-state index contributed by atoms with van der Waals surface area (Å²) in [5.41, 5.74) is 6.86. The maximum atomic E-state index is 13.2. The summed E-state index contributed by atoms with van der Waals surface area (Å²) in [6.07, 6.45) is 0. The molecule has 0 spiro atoms. The van der Waals surface area contributed by atoms with Crippen molar-refractivity contribution in [1.82, 2.24) is 0 Å². The number of nitrogens with one attached hydrogen (secondary N) is 1. The smallest absolute Gasteiger partial charge is 0.139 e. The van der Waals surface area contributed by atoms with Gasteiger partial charge in [0.2, 0.25) is 0 Å². The zero-order valence-corrected chi connectivity index (χ0v) is 12.6. The summed E-state index contributed by atoms with van der Waals surface area (Å²) in [4.78, 5) is 1.18. The monoisotopic (exact) mass is 378 g/mol. The molecule has 0 fully saturated rings. The van der Waals surface area contributed by atoms with Crippen molar-refractivity contribution < 1.29 is 4.39 Å². The molecule has 0 aliphatic heterocycles. The Morgan fingerprint density at radius 1 is 1.29 bits per heavy atom. The second-order valence-electron chi connectivity index (χ2n) is 3.41. The fourth-order valence-electron chi connectivity index (χ4n) is 1.34. The minimum atomic E-state index is -0.355. The average Bonchev–Trinajstić information content (AvgIpc) is 2.68. The number of thiophene rings is 1. The van der Waals surface area contributed by atoms with Crippen LogP contribution < -0.4 is 11.1 Å². The van der Waals surface area contributed by atoms with Crippen LogP contribution in [0.1, 0.15) is 4.88 Å². The van der Waals surface area contributed by atoms with Crippen molar-refractivity contribution in [3.8, 4) is 0 Å². The SMILES string of the molecule is Nc1cc(F)c(Br)cc1NCc1ccc(Br)s1. The highest BCUT2D eigenvalue weighted by Gasteiger charge is 2.06. The quantitative estimate of drug-likeness (QED) is 0.764. The largest absolute Gasteiger partial charge is 0.397 e. The Labute approximate surface area is 119 Å². The predicted molar refractivity (Wildman–Crippen MR) is 77.9 cm³/mol. The van der Waals surface area contributed by atoms with E-state index in [0.29, 0.717) is 16.7 Å². The lowest BCUT2D eigenvalue weighted by molar-refractivity contribution is 0.622. The Bertz CT molecular complexity index is 542. The summed E-state index contributed by atoms with van der Waals surface area (Å²) in [5, 5.41) is 3.18. The second kappa shape index (κ2) is 5.37. The number of nitrogens with two attached hydrogens (primary N) is 1. The van der Waals surface area contributed by atoms with Crippen molar-refractivity contribution in [2.75, 3.05) is 11.1 Å². The van der Waals surface area contributed by atoms with Gasteiger partial charge < -0.3 is 11.1 Å². The molecule has 0 unspecified atom stereocenters. The van der Waals surface area contributed by atoms with Gasteiger partial charge >= 0.3 is 0 Å². The van der Waals surface area contributed by atoms with Crippen LogP contribution in [0.25, 0.3) is 0 Å². The summed E-state index contributed by atoms with van der Waals surface area (Å²) >= 11 is 8.19. The second-order valence-corrected chi connectivity index (χ2v) is 6.81. The van der Waals surface area contributed by atoms with Gasteiger partial charge in [-0.05, 0) is 50.1 Å². The molecule has 1 aromatic carbocycles. The number of nitrogen functional groups attached to an aromatic ring is 1. The van der Waals surface area contributed by atoms with E-state index in [1.54, 1.807) is 17.4 Å². The van der Waals surface area contributed by atoms with Gasteiger partial charge in [0.15, 0.2) is 0 Å². The van der Waals surface area contributed by atoms with Crippen LogP contribution in [0, 0.1) is 5.82 Å². The first-order valence-electron chi connectivity index (χ1n) is 4.79. The first kappa shape index (κ1) is 12.9. The van der Waals surface area contributed by atoms with Crippen LogP contribution in [-0.2, 0) is 6.54 Å². The Morgan fingerprint density at radius 2 is 2.06 bits per heavy atom. The topological polar surface area (TPSA) is 38.0 Å². The zero-order valence-electron chi connectivity index (χ0n) is 8.64. The van der Waals surface area contributed by atoms with Crippen molar-refractivity contribution in [3.63, 3.8) is 0 Å². The fourth-order valence-corrected chi connectivity index (χ4v) is 3.11. The van der Waals surface area contributed by atoms with E-state index in [1.807, 2.05) is 12.1 Å². The molecule has 0 amide bonds. The molecule has 0 aliphatic carbocycles. The average molecular weight is 380 g/mol. The highest BCUT2D eigenvalue weighted by molar-refractivity contribution is 9.11. The predicted octanol–water partition coefficient (Wildman–Crippen LogP) is 4.61. The van der Waals surface area contributed by atoms with Gasteiger partial charge in [-0.2, -0.15) is 0 Å². The Morgan fingerprint density at radius 3 is 2.71 bits per heavy atom. The zero-order chi connectivity index (χ0) is 12.4. The first-order chi connectivity index (χ1) is 8.06. The summed E-state index contributed by atoms with van der Waals surface area (Å²) in [6.45, 7) is 0.665. The minimum Gasteiger partial charge on any atom is -0.397 e. The van der Waals surface area contributed by atoms with Gasteiger partial charge in [0.05, 0.1) is 19.6 Å². The molecule has 90 valence electrons. The molecule has 0 atom stereocenters. The van der Waals surface area contributed by atoms with Crippen LogP contribution >= 0.6 is 43.2 Å². The third-order valence-electron chi connectivity index (χ3n) is 2.17. The van der Waals surface area contributed by atoms with Gasteiger partial charge in [0.1, 0.15) is 5.82 Å². The normalized spacial score (nSPS) is 10.5. The van der Waals surface area contributed by atoms with Gasteiger partial charge in [0, 0.05) is 17.5 Å². The van der Waals surface area contributed by atoms with Crippen LogP contribution in [0.2, 0.25) is 0 Å². The highest BCUT2D eigenvalue weighted by atomic mass is 79.9. The third-order valence-corrected chi connectivity index (χ3v) is 4.41. The van der Waals surface area contributed by atoms with Crippen molar-refractivity contribution in [2.24, 2.45) is 0 Å². The van der Waals surface area contributed by atoms with E-state index in [4.69, 9.17) is 5.73 Å². The number of hydrogen-bond donors (Lipinski definition) is 2. The molecule has 0 saturated heterocycles. The lowest BCUT2D eigenvalue weighted by atomic mass is 10.2. The molecule has 1 aromatic heterocycles. The molecule has 2 aromatic rings. The number of benzene rings is 1. The summed E-state index contributed by atoms with van der Waals surface area (Å²) in [6, 6.07) is 6.96. The van der Waals surface area contributed by atoms with Crippen LogP contribution in [0.4, 0.5) is 15.8 Å². The Kier molecular flexibility index (Phi) is 4.06. The molecule has 0 radical (unpaired) electrons. The van der Waals surface area contributed by atoms with Crippen LogP contribution in [0.5, 0.6) is 0 Å². The van der Waals surface area contributed by atoms with E-state index < -0.39 is 0 Å². The van der Waals surface area contributed by atoms with E-state index in [9.17, 15) is 4.39 Å². The van der Waals surface area contributed by atoms with Gasteiger partial charge in [-0.25, -0.2) is 4.39 Å². The summed E-state index contributed by atoms with van der Waals surface area (Å²) < 4.78 is 14.7. The van der Waals surface area contributed by atoms with E-state index in [0.717, 1.165) is 9.47 Å². The molecule has 6 heteroatoms. The molecule has 2 nitrogen and oxygen atoms in total. The van der Waals surface area contributed by atoms with E-state index in [2.05, 4.69) is 37.2 Å². The number of halogens is 3. The molecule has 17 heavy (non-hydrogen) atoms. The molecule has 0 saturated carbocycles. The minimum absolute atomic E-state index is 0.355. The van der Waals surface area contributed by atoms with Crippen LogP contribution in [0.15, 0.2) is 32.5 Å². The first-order valence-corrected chi connectivity index (χ1v) is 7.19. The Hall–Kier alpha value is -0.590. The van der Waals surface area contributed by atoms with Crippen molar-refractivity contribution >= 4 is 54.6 Å². The van der Waals surface area contributed by atoms with E-state index >= 15 is 0 Å². The molecule has 2 rings (SSSR count). The van der Waals surface area contributed by atoms with Gasteiger partial charge in [-0.15, -0.1) is 11.3 Å². The fraction of sp³-hybridized carbons (Fsp3) is 0.0909. The van der Waals surface area contributed by atoms with Crippen LogP contribution in [-0.4, -0.2) is 0 Å². The van der Waals surface area contributed by atoms with Gasteiger partial charge in [-0.3, -0.25) is 0 Å². The molecule has 0 bridgehead atoms. The maximum Gasteiger partial charge on any atom is 0.139 e. The maximum absolute atomic E-state index is 13.2. The van der Waals surface area contributed by atoms with E-state index in [1.165, 1.54) is 10.9 Å². The molecule has 3 N–H and O–H groups in total. The third kappa shape index (κ3) is 3.20. The molecular formula is C11H9Br2FN2S. The standard InChI is InChI=1S/C11H9Br2FN2S/c12-7-3-10(9(15)4-8(7)14)16-5-6-1-2-11(13)17-6/h1-4,16H,5,15H2. The number of hydrogen-bond acceptors (Lipinski definition) is 3.